The summed E-state index contributed by atoms with van der Waals surface area (Å²) in [7, 11) is 1.56. The number of amides is 2. The number of anilines is 3. The van der Waals surface area contributed by atoms with Crippen LogP contribution in [0.2, 0.25) is 0 Å². The van der Waals surface area contributed by atoms with Crippen molar-refractivity contribution in [2.45, 2.75) is 13.8 Å². The lowest BCUT2D eigenvalue weighted by atomic mass is 10.2. The van der Waals surface area contributed by atoms with E-state index in [2.05, 4.69) is 16.0 Å². The first-order valence-corrected chi connectivity index (χ1v) is 7.54. The molecule has 0 heterocycles. The van der Waals surface area contributed by atoms with Crippen LogP contribution in [0, 0.1) is 6.92 Å². The molecule has 2 aromatic carbocycles. The molecular weight excluding hydrogens is 306 g/mol. The van der Waals surface area contributed by atoms with Crippen LogP contribution < -0.4 is 20.7 Å². The van der Waals surface area contributed by atoms with Gasteiger partial charge < -0.3 is 20.7 Å². The summed E-state index contributed by atoms with van der Waals surface area (Å²) < 4.78 is 5.24. The van der Waals surface area contributed by atoms with Crippen molar-refractivity contribution in [2.24, 2.45) is 0 Å². The third-order valence-electron chi connectivity index (χ3n) is 3.29. The third-order valence-corrected chi connectivity index (χ3v) is 3.29. The van der Waals surface area contributed by atoms with E-state index >= 15 is 0 Å². The summed E-state index contributed by atoms with van der Waals surface area (Å²) in [4.78, 5) is 23.1. The average molecular weight is 327 g/mol. The van der Waals surface area contributed by atoms with Crippen LogP contribution in [0.5, 0.6) is 5.75 Å². The van der Waals surface area contributed by atoms with Crippen molar-refractivity contribution in [1.82, 2.24) is 0 Å². The Balaban J connectivity index is 1.91. The number of hydrogen-bond donors (Lipinski definition) is 3. The van der Waals surface area contributed by atoms with E-state index in [1.54, 1.807) is 31.4 Å². The number of hydrogen-bond acceptors (Lipinski definition) is 4. The highest BCUT2D eigenvalue weighted by atomic mass is 16.5. The smallest absolute Gasteiger partial charge is 0.243 e. The number of nitrogens with one attached hydrogen (secondary N) is 3. The van der Waals surface area contributed by atoms with E-state index in [0.29, 0.717) is 17.1 Å². The molecule has 0 aromatic heterocycles. The lowest BCUT2D eigenvalue weighted by Gasteiger charge is -2.12. The van der Waals surface area contributed by atoms with Crippen LogP contribution in [0.15, 0.2) is 42.5 Å². The standard InChI is InChI=1S/C18H21N3O3/c1-12-4-9-17(24-3)16(10-12)21-18(23)11-19-14-5-7-15(8-6-14)20-13(2)22/h4-10,19H,11H2,1-3H3,(H,20,22)(H,21,23). The van der Waals surface area contributed by atoms with Crippen LogP contribution in [0.3, 0.4) is 0 Å². The second-order valence-corrected chi connectivity index (χ2v) is 5.36. The molecule has 0 spiro atoms. The van der Waals surface area contributed by atoms with E-state index in [4.69, 9.17) is 4.74 Å². The van der Waals surface area contributed by atoms with Gasteiger partial charge in [0.2, 0.25) is 11.8 Å². The van der Waals surface area contributed by atoms with E-state index in [1.807, 2.05) is 25.1 Å². The molecule has 2 aromatic rings. The van der Waals surface area contributed by atoms with Crippen molar-refractivity contribution in [3.05, 3.63) is 48.0 Å². The molecular formula is C18H21N3O3. The van der Waals surface area contributed by atoms with Gasteiger partial charge in [0.05, 0.1) is 19.3 Å². The minimum Gasteiger partial charge on any atom is -0.495 e. The maximum absolute atomic E-state index is 12.1. The number of ether oxygens (including phenoxy) is 1. The number of rotatable bonds is 6. The molecule has 6 heteroatoms. The Bertz CT molecular complexity index is 727. The third kappa shape index (κ3) is 5.01. The van der Waals surface area contributed by atoms with Gasteiger partial charge in [-0.3, -0.25) is 9.59 Å². The van der Waals surface area contributed by atoms with Crippen molar-refractivity contribution in [1.29, 1.82) is 0 Å². The number of benzene rings is 2. The van der Waals surface area contributed by atoms with Gasteiger partial charge in [-0.1, -0.05) is 6.07 Å². The first-order valence-electron chi connectivity index (χ1n) is 7.54. The van der Waals surface area contributed by atoms with E-state index in [0.717, 1.165) is 11.3 Å². The monoisotopic (exact) mass is 327 g/mol. The number of carbonyl (C=O) groups excluding carboxylic acids is 2. The zero-order chi connectivity index (χ0) is 17.5. The molecule has 2 amide bonds. The summed E-state index contributed by atoms with van der Waals surface area (Å²) in [6.45, 7) is 3.52. The minimum atomic E-state index is -0.176. The van der Waals surface area contributed by atoms with Gasteiger partial charge in [0, 0.05) is 18.3 Å². The van der Waals surface area contributed by atoms with E-state index in [9.17, 15) is 9.59 Å². The molecule has 0 fully saturated rings. The number of carbonyl (C=O) groups is 2. The van der Waals surface area contributed by atoms with Crippen molar-refractivity contribution < 1.29 is 14.3 Å². The van der Waals surface area contributed by atoms with Gasteiger partial charge in [0.25, 0.3) is 0 Å². The molecule has 0 radical (unpaired) electrons. The van der Waals surface area contributed by atoms with Gasteiger partial charge in [-0.2, -0.15) is 0 Å². The lowest BCUT2D eigenvalue weighted by molar-refractivity contribution is -0.115. The number of aryl methyl sites for hydroxylation is 1. The Morgan fingerprint density at radius 2 is 1.67 bits per heavy atom. The van der Waals surface area contributed by atoms with Gasteiger partial charge >= 0.3 is 0 Å². The molecule has 0 saturated heterocycles. The quantitative estimate of drug-likeness (QED) is 0.762. The molecule has 0 atom stereocenters. The van der Waals surface area contributed by atoms with Crippen LogP contribution in [-0.2, 0) is 9.59 Å². The Morgan fingerprint density at radius 3 is 2.29 bits per heavy atom. The zero-order valence-electron chi connectivity index (χ0n) is 14.0. The van der Waals surface area contributed by atoms with Gasteiger partial charge in [-0.25, -0.2) is 0 Å². The summed E-state index contributed by atoms with van der Waals surface area (Å²) in [6, 6.07) is 12.7. The van der Waals surface area contributed by atoms with Crippen LogP contribution in [0.1, 0.15) is 12.5 Å². The molecule has 24 heavy (non-hydrogen) atoms. The van der Waals surface area contributed by atoms with Crippen molar-refractivity contribution in [2.75, 3.05) is 29.6 Å². The fraction of sp³-hybridized carbons (Fsp3) is 0.222. The Kier molecular flexibility index (Phi) is 5.78. The van der Waals surface area contributed by atoms with E-state index in [-0.39, 0.29) is 18.4 Å². The molecule has 0 saturated carbocycles. The summed E-state index contributed by atoms with van der Waals surface area (Å²) >= 11 is 0. The summed E-state index contributed by atoms with van der Waals surface area (Å²) in [6.07, 6.45) is 0. The van der Waals surface area contributed by atoms with Gasteiger partial charge in [-0.05, 0) is 48.9 Å². The molecule has 0 aliphatic heterocycles. The molecule has 3 N–H and O–H groups in total. The summed E-state index contributed by atoms with van der Waals surface area (Å²) in [5.41, 5.74) is 3.18. The minimum absolute atomic E-state index is 0.122. The first-order chi connectivity index (χ1) is 11.5. The zero-order valence-corrected chi connectivity index (χ0v) is 14.0. The fourth-order valence-corrected chi connectivity index (χ4v) is 2.17. The predicted octanol–water partition coefficient (Wildman–Crippen LogP) is 3.01. The fourth-order valence-electron chi connectivity index (χ4n) is 2.17. The Morgan fingerprint density at radius 1 is 1.00 bits per heavy atom. The SMILES string of the molecule is COc1ccc(C)cc1NC(=O)CNc1ccc(NC(C)=O)cc1. The molecule has 126 valence electrons. The predicted molar refractivity (Wildman–Crippen MR) is 95.6 cm³/mol. The lowest BCUT2D eigenvalue weighted by Crippen LogP contribution is -2.22. The van der Waals surface area contributed by atoms with Crippen molar-refractivity contribution in [3.8, 4) is 5.75 Å². The Hall–Kier alpha value is -3.02. The molecule has 6 nitrogen and oxygen atoms in total. The highest BCUT2D eigenvalue weighted by Gasteiger charge is 2.08. The number of methoxy groups -OCH3 is 1. The summed E-state index contributed by atoms with van der Waals surface area (Å²) in [5, 5.41) is 8.55. The topological polar surface area (TPSA) is 79.5 Å². The largest absolute Gasteiger partial charge is 0.495 e. The summed E-state index contributed by atoms with van der Waals surface area (Å²) in [5.74, 6) is 0.320. The van der Waals surface area contributed by atoms with E-state index < -0.39 is 0 Å². The van der Waals surface area contributed by atoms with Gasteiger partial charge in [0.15, 0.2) is 0 Å². The highest BCUT2D eigenvalue weighted by molar-refractivity contribution is 5.95. The van der Waals surface area contributed by atoms with Crippen LogP contribution in [0.4, 0.5) is 17.1 Å². The molecule has 0 bridgehead atoms. The average Bonchev–Trinajstić information content (AvgIpc) is 2.54. The molecule has 2 rings (SSSR count). The molecule has 0 unspecified atom stereocenters. The second kappa shape index (κ2) is 8.01. The maximum Gasteiger partial charge on any atom is 0.243 e. The molecule has 0 aliphatic carbocycles. The molecule has 0 aliphatic rings. The van der Waals surface area contributed by atoms with Crippen LogP contribution in [-0.4, -0.2) is 25.5 Å². The van der Waals surface area contributed by atoms with Crippen LogP contribution in [0.25, 0.3) is 0 Å². The van der Waals surface area contributed by atoms with Gasteiger partial charge in [0.1, 0.15) is 5.75 Å². The van der Waals surface area contributed by atoms with Crippen LogP contribution >= 0.6 is 0 Å². The van der Waals surface area contributed by atoms with E-state index in [1.165, 1.54) is 6.92 Å². The second-order valence-electron chi connectivity index (χ2n) is 5.36. The highest BCUT2D eigenvalue weighted by Crippen LogP contribution is 2.25. The maximum atomic E-state index is 12.1. The normalized spacial score (nSPS) is 9.96. The van der Waals surface area contributed by atoms with Gasteiger partial charge in [-0.15, -0.1) is 0 Å². The van der Waals surface area contributed by atoms with Crippen molar-refractivity contribution >= 4 is 28.9 Å². The Labute approximate surface area is 141 Å². The van der Waals surface area contributed by atoms with Crippen molar-refractivity contribution in [3.63, 3.8) is 0 Å². The first kappa shape index (κ1) is 17.3.